The molecule has 0 aliphatic heterocycles. The number of nitrogens with zero attached hydrogens (tertiary/aromatic N) is 2. The molecule has 0 amide bonds. The molecule has 0 aromatic carbocycles. The van der Waals surface area contributed by atoms with Gasteiger partial charge in [0, 0.05) is 26.7 Å². The molecule has 1 atom stereocenters. The summed E-state index contributed by atoms with van der Waals surface area (Å²) in [5.41, 5.74) is 0. The molecule has 17 heavy (non-hydrogen) atoms. The number of hydrogen-bond donors (Lipinski definition) is 1. The molecule has 0 heterocycles. The quantitative estimate of drug-likeness (QED) is 0.659. The molecule has 104 valence electrons. The highest BCUT2D eigenvalue weighted by Crippen LogP contribution is 2.14. The van der Waals surface area contributed by atoms with Gasteiger partial charge in [0.25, 0.3) is 10.2 Å². The lowest BCUT2D eigenvalue weighted by molar-refractivity contribution is 0.291. The first kappa shape index (κ1) is 16.8. The van der Waals surface area contributed by atoms with Crippen molar-refractivity contribution in [2.75, 3.05) is 34.2 Å². The third-order valence-corrected chi connectivity index (χ3v) is 5.23. The van der Waals surface area contributed by atoms with Crippen LogP contribution >= 0.6 is 0 Å². The summed E-state index contributed by atoms with van der Waals surface area (Å²) in [6, 6.07) is 0.00625. The van der Waals surface area contributed by atoms with Crippen molar-refractivity contribution >= 4 is 10.2 Å². The minimum Gasteiger partial charge on any atom is -0.320 e. The van der Waals surface area contributed by atoms with Gasteiger partial charge >= 0.3 is 0 Å². The molecular formula is C11H27N3O2S. The van der Waals surface area contributed by atoms with Crippen molar-refractivity contribution in [1.82, 2.24) is 13.9 Å². The maximum atomic E-state index is 12.2. The van der Waals surface area contributed by atoms with E-state index in [1.54, 1.807) is 14.1 Å². The van der Waals surface area contributed by atoms with E-state index in [-0.39, 0.29) is 6.04 Å². The van der Waals surface area contributed by atoms with Crippen LogP contribution in [0.2, 0.25) is 0 Å². The summed E-state index contributed by atoms with van der Waals surface area (Å²) in [5, 5.41) is 3.01. The molecule has 0 aromatic heterocycles. The summed E-state index contributed by atoms with van der Waals surface area (Å²) in [5.74, 6) is 0.306. The predicted molar refractivity (Wildman–Crippen MR) is 72.2 cm³/mol. The zero-order valence-corrected chi connectivity index (χ0v) is 12.7. The minimum atomic E-state index is -3.32. The summed E-state index contributed by atoms with van der Waals surface area (Å²) in [7, 11) is 1.82. The molecule has 0 fully saturated rings. The van der Waals surface area contributed by atoms with Gasteiger partial charge in [-0.25, -0.2) is 0 Å². The van der Waals surface area contributed by atoms with E-state index >= 15 is 0 Å². The van der Waals surface area contributed by atoms with Crippen molar-refractivity contribution in [3.05, 3.63) is 0 Å². The van der Waals surface area contributed by atoms with Gasteiger partial charge in [0.1, 0.15) is 0 Å². The Morgan fingerprint density at radius 1 is 1.18 bits per heavy atom. The molecule has 0 aliphatic carbocycles. The topological polar surface area (TPSA) is 52.7 Å². The Kier molecular flexibility index (Phi) is 7.23. The van der Waals surface area contributed by atoms with Gasteiger partial charge in [0.05, 0.1) is 0 Å². The highest BCUT2D eigenvalue weighted by molar-refractivity contribution is 7.86. The van der Waals surface area contributed by atoms with Crippen LogP contribution in [-0.2, 0) is 10.2 Å². The van der Waals surface area contributed by atoms with Crippen LogP contribution in [0.5, 0.6) is 0 Å². The molecule has 0 rings (SSSR count). The highest BCUT2D eigenvalue weighted by Gasteiger charge is 2.28. The van der Waals surface area contributed by atoms with E-state index in [2.05, 4.69) is 5.32 Å². The van der Waals surface area contributed by atoms with Crippen molar-refractivity contribution in [2.24, 2.45) is 5.92 Å². The lowest BCUT2D eigenvalue weighted by atomic mass is 10.1. The molecule has 0 radical (unpaired) electrons. The molecule has 6 heteroatoms. The zero-order chi connectivity index (χ0) is 13.6. The lowest BCUT2D eigenvalue weighted by Gasteiger charge is -2.31. The van der Waals surface area contributed by atoms with Crippen LogP contribution in [0.3, 0.4) is 0 Å². The largest absolute Gasteiger partial charge is 0.320 e. The van der Waals surface area contributed by atoms with Gasteiger partial charge in [-0.05, 0) is 32.9 Å². The first-order chi connectivity index (χ1) is 7.75. The van der Waals surface area contributed by atoms with Crippen LogP contribution in [-0.4, -0.2) is 57.3 Å². The fourth-order valence-electron chi connectivity index (χ4n) is 1.44. The van der Waals surface area contributed by atoms with Crippen LogP contribution in [0.1, 0.15) is 27.2 Å². The maximum Gasteiger partial charge on any atom is 0.281 e. The smallest absolute Gasteiger partial charge is 0.281 e. The summed E-state index contributed by atoms with van der Waals surface area (Å²) in [4.78, 5) is 0. The molecule has 0 saturated carbocycles. The summed E-state index contributed by atoms with van der Waals surface area (Å²) in [6.45, 7) is 7.35. The molecule has 1 N–H and O–H groups in total. The first-order valence-corrected chi connectivity index (χ1v) is 7.48. The Hall–Kier alpha value is -0.170. The molecule has 5 nitrogen and oxygen atoms in total. The third-order valence-electron chi connectivity index (χ3n) is 3.20. The molecule has 0 aliphatic rings. The second-order valence-electron chi connectivity index (χ2n) is 4.79. The van der Waals surface area contributed by atoms with Gasteiger partial charge in [-0.2, -0.15) is 17.0 Å². The van der Waals surface area contributed by atoms with Crippen LogP contribution in [0.15, 0.2) is 0 Å². The van der Waals surface area contributed by atoms with Crippen molar-refractivity contribution in [2.45, 2.75) is 33.2 Å². The van der Waals surface area contributed by atoms with Gasteiger partial charge in [0.15, 0.2) is 0 Å². The second-order valence-corrected chi connectivity index (χ2v) is 6.88. The Labute approximate surface area is 106 Å². The lowest BCUT2D eigenvalue weighted by Crippen LogP contribution is -2.46. The molecule has 0 spiro atoms. The minimum absolute atomic E-state index is 0.00625. The third kappa shape index (κ3) is 4.91. The van der Waals surface area contributed by atoms with Crippen LogP contribution in [0, 0.1) is 5.92 Å². The fourth-order valence-corrected chi connectivity index (χ4v) is 2.91. The second kappa shape index (κ2) is 7.31. The first-order valence-electron chi connectivity index (χ1n) is 6.09. The SMILES string of the molecule is CNCCCN(C)S(=O)(=O)N(C)C(C)C(C)C. The summed E-state index contributed by atoms with van der Waals surface area (Å²) in [6.07, 6.45) is 0.816. The molecule has 1 unspecified atom stereocenters. The normalized spacial score (nSPS) is 14.9. The monoisotopic (exact) mass is 265 g/mol. The average molecular weight is 265 g/mol. The van der Waals surface area contributed by atoms with Gasteiger partial charge < -0.3 is 5.32 Å². The van der Waals surface area contributed by atoms with Gasteiger partial charge in [0.2, 0.25) is 0 Å². The van der Waals surface area contributed by atoms with E-state index in [0.717, 1.165) is 13.0 Å². The predicted octanol–water partition coefficient (Wildman–Crippen LogP) is 0.749. The fraction of sp³-hybridized carbons (Fsp3) is 1.00. The Morgan fingerprint density at radius 2 is 1.71 bits per heavy atom. The highest BCUT2D eigenvalue weighted by atomic mass is 32.2. The Morgan fingerprint density at radius 3 is 2.12 bits per heavy atom. The van der Waals surface area contributed by atoms with E-state index in [0.29, 0.717) is 12.5 Å². The van der Waals surface area contributed by atoms with Crippen molar-refractivity contribution in [3.63, 3.8) is 0 Å². The summed E-state index contributed by atoms with van der Waals surface area (Å²) >= 11 is 0. The zero-order valence-electron chi connectivity index (χ0n) is 11.9. The number of nitrogens with one attached hydrogen (secondary N) is 1. The Bertz CT molecular complexity index is 304. The van der Waals surface area contributed by atoms with Gasteiger partial charge in [-0.15, -0.1) is 0 Å². The summed E-state index contributed by atoms with van der Waals surface area (Å²) < 4.78 is 27.3. The number of hydrogen-bond acceptors (Lipinski definition) is 3. The average Bonchev–Trinajstić information content (AvgIpc) is 2.26. The molecule has 0 aromatic rings. The van der Waals surface area contributed by atoms with E-state index in [1.807, 2.05) is 27.8 Å². The van der Waals surface area contributed by atoms with E-state index < -0.39 is 10.2 Å². The maximum absolute atomic E-state index is 12.2. The van der Waals surface area contributed by atoms with Crippen LogP contribution in [0.25, 0.3) is 0 Å². The molecular weight excluding hydrogens is 238 g/mol. The van der Waals surface area contributed by atoms with Crippen LogP contribution in [0.4, 0.5) is 0 Å². The number of rotatable bonds is 8. The van der Waals surface area contributed by atoms with E-state index in [9.17, 15) is 8.42 Å². The van der Waals surface area contributed by atoms with E-state index in [4.69, 9.17) is 0 Å². The van der Waals surface area contributed by atoms with Crippen molar-refractivity contribution in [3.8, 4) is 0 Å². The van der Waals surface area contributed by atoms with Crippen molar-refractivity contribution in [1.29, 1.82) is 0 Å². The molecule has 0 bridgehead atoms. The molecule has 0 saturated heterocycles. The van der Waals surface area contributed by atoms with Crippen LogP contribution < -0.4 is 5.32 Å². The standard InChI is InChI=1S/C11H27N3O2S/c1-10(2)11(3)14(6)17(15,16)13(5)9-7-8-12-4/h10-12H,7-9H2,1-6H3. The van der Waals surface area contributed by atoms with Crippen molar-refractivity contribution < 1.29 is 8.42 Å². The Balaban J connectivity index is 4.54. The van der Waals surface area contributed by atoms with Gasteiger partial charge in [-0.1, -0.05) is 13.8 Å². The van der Waals surface area contributed by atoms with Gasteiger partial charge in [-0.3, -0.25) is 0 Å². The van der Waals surface area contributed by atoms with E-state index in [1.165, 1.54) is 8.61 Å².